The average Bonchev–Trinajstić information content (AvgIpc) is 2.42. The van der Waals surface area contributed by atoms with Gasteiger partial charge in [-0.3, -0.25) is 9.78 Å². The highest BCUT2D eigenvalue weighted by atomic mass is 19.1. The molecule has 19 heavy (non-hydrogen) atoms. The van der Waals surface area contributed by atoms with Crippen molar-refractivity contribution in [3.63, 3.8) is 0 Å². The van der Waals surface area contributed by atoms with Gasteiger partial charge in [0.2, 0.25) is 5.91 Å². The van der Waals surface area contributed by atoms with Crippen LogP contribution in [0.3, 0.4) is 0 Å². The minimum absolute atomic E-state index is 0.133. The van der Waals surface area contributed by atoms with Crippen molar-refractivity contribution in [3.8, 4) is 5.75 Å². The highest BCUT2D eigenvalue weighted by Gasteiger charge is 2.07. The number of pyridine rings is 1. The van der Waals surface area contributed by atoms with Gasteiger partial charge < -0.3 is 10.1 Å². The molecule has 98 valence electrons. The molecule has 1 heterocycles. The van der Waals surface area contributed by atoms with Crippen molar-refractivity contribution in [2.45, 2.75) is 6.42 Å². The van der Waals surface area contributed by atoms with Crippen LogP contribution in [0.1, 0.15) is 5.56 Å². The minimum atomic E-state index is -0.550. The Morgan fingerprint density at radius 2 is 2.05 bits per heavy atom. The predicted octanol–water partition coefficient (Wildman–Crippen LogP) is 2.41. The fourth-order valence-corrected chi connectivity index (χ4v) is 1.60. The van der Waals surface area contributed by atoms with Gasteiger partial charge in [0.05, 0.1) is 25.4 Å². The second-order valence-corrected chi connectivity index (χ2v) is 3.93. The van der Waals surface area contributed by atoms with Crippen LogP contribution in [0.25, 0.3) is 0 Å². The van der Waals surface area contributed by atoms with Crippen molar-refractivity contribution in [2.24, 2.45) is 0 Å². The van der Waals surface area contributed by atoms with E-state index in [-0.39, 0.29) is 18.0 Å². The number of aromatic nitrogens is 1. The number of halogens is 1. The summed E-state index contributed by atoms with van der Waals surface area (Å²) >= 11 is 0. The zero-order chi connectivity index (χ0) is 13.7. The molecule has 0 bridgehead atoms. The molecule has 0 saturated heterocycles. The van der Waals surface area contributed by atoms with E-state index in [0.717, 1.165) is 17.5 Å². The van der Waals surface area contributed by atoms with E-state index < -0.39 is 5.82 Å². The number of amides is 1. The van der Waals surface area contributed by atoms with Crippen LogP contribution in [0.4, 0.5) is 10.1 Å². The predicted molar refractivity (Wildman–Crippen MR) is 69.5 cm³/mol. The van der Waals surface area contributed by atoms with E-state index in [1.165, 1.54) is 12.3 Å². The molecular formula is C14H13FN2O2. The molecule has 0 radical (unpaired) electrons. The van der Waals surface area contributed by atoms with Crippen LogP contribution in [-0.4, -0.2) is 18.0 Å². The molecule has 5 heteroatoms. The Bertz CT molecular complexity index is 570. The normalized spacial score (nSPS) is 10.0. The maximum atomic E-state index is 13.3. The van der Waals surface area contributed by atoms with E-state index >= 15 is 0 Å². The molecular weight excluding hydrogens is 247 g/mol. The molecule has 0 saturated carbocycles. The van der Waals surface area contributed by atoms with Crippen LogP contribution in [0, 0.1) is 5.82 Å². The van der Waals surface area contributed by atoms with E-state index in [1.807, 2.05) is 0 Å². The highest BCUT2D eigenvalue weighted by molar-refractivity contribution is 5.92. The Hall–Kier alpha value is -2.43. The van der Waals surface area contributed by atoms with E-state index in [9.17, 15) is 9.18 Å². The molecule has 0 fully saturated rings. The number of methoxy groups -OCH3 is 1. The standard InChI is InChI=1S/C14H13FN2O2/c1-19-11-4-2-10(3-5-11)8-14(18)17-13-6-7-16-9-12(13)15/h2-7,9H,8H2,1H3,(H,16,17,18). The molecule has 2 rings (SSSR count). The van der Waals surface area contributed by atoms with Crippen molar-refractivity contribution in [1.29, 1.82) is 0 Å². The molecule has 2 aromatic rings. The monoisotopic (exact) mass is 260 g/mol. The molecule has 4 nitrogen and oxygen atoms in total. The maximum absolute atomic E-state index is 13.3. The van der Waals surface area contributed by atoms with Crippen LogP contribution in [0.5, 0.6) is 5.75 Å². The summed E-state index contributed by atoms with van der Waals surface area (Å²) in [6.07, 6.45) is 2.65. The number of carbonyl (C=O) groups excluding carboxylic acids is 1. The first-order valence-corrected chi connectivity index (χ1v) is 5.71. The van der Waals surface area contributed by atoms with Crippen LogP contribution >= 0.6 is 0 Å². The fraction of sp³-hybridized carbons (Fsp3) is 0.143. The smallest absolute Gasteiger partial charge is 0.228 e. The van der Waals surface area contributed by atoms with Gasteiger partial charge >= 0.3 is 0 Å². The van der Waals surface area contributed by atoms with Crippen LogP contribution in [0.2, 0.25) is 0 Å². The van der Waals surface area contributed by atoms with E-state index in [4.69, 9.17) is 4.74 Å². The molecule has 0 atom stereocenters. The molecule has 1 aromatic heterocycles. The lowest BCUT2D eigenvalue weighted by Gasteiger charge is -2.06. The minimum Gasteiger partial charge on any atom is -0.497 e. The van der Waals surface area contributed by atoms with Gasteiger partial charge in [0.25, 0.3) is 0 Å². The van der Waals surface area contributed by atoms with Crippen molar-refractivity contribution >= 4 is 11.6 Å². The number of rotatable bonds is 4. The van der Waals surface area contributed by atoms with Gasteiger partial charge in [0.15, 0.2) is 5.82 Å². The summed E-state index contributed by atoms with van der Waals surface area (Å²) in [4.78, 5) is 15.4. The zero-order valence-corrected chi connectivity index (χ0v) is 10.4. The summed E-state index contributed by atoms with van der Waals surface area (Å²) in [7, 11) is 1.58. The third kappa shape index (κ3) is 3.51. The maximum Gasteiger partial charge on any atom is 0.228 e. The third-order valence-electron chi connectivity index (χ3n) is 2.57. The lowest BCUT2D eigenvalue weighted by Crippen LogP contribution is -2.15. The lowest BCUT2D eigenvalue weighted by atomic mass is 10.1. The van der Waals surface area contributed by atoms with Crippen molar-refractivity contribution in [3.05, 3.63) is 54.1 Å². The van der Waals surface area contributed by atoms with Gasteiger partial charge in [0.1, 0.15) is 5.75 Å². The van der Waals surface area contributed by atoms with E-state index in [2.05, 4.69) is 10.3 Å². The van der Waals surface area contributed by atoms with Gasteiger partial charge in [-0.25, -0.2) is 4.39 Å². The molecule has 1 N–H and O–H groups in total. The first kappa shape index (κ1) is 13.0. The van der Waals surface area contributed by atoms with Crippen molar-refractivity contribution in [1.82, 2.24) is 4.98 Å². The summed E-state index contributed by atoms with van der Waals surface area (Å²) < 4.78 is 18.3. The van der Waals surface area contributed by atoms with Crippen LogP contribution < -0.4 is 10.1 Å². The number of ether oxygens (including phenoxy) is 1. The van der Waals surface area contributed by atoms with E-state index in [1.54, 1.807) is 31.4 Å². The van der Waals surface area contributed by atoms with Gasteiger partial charge in [-0.1, -0.05) is 12.1 Å². The largest absolute Gasteiger partial charge is 0.497 e. The van der Waals surface area contributed by atoms with Crippen molar-refractivity contribution in [2.75, 3.05) is 12.4 Å². The molecule has 1 aromatic carbocycles. The number of nitrogens with zero attached hydrogens (tertiary/aromatic N) is 1. The Kier molecular flexibility index (Phi) is 4.07. The lowest BCUT2D eigenvalue weighted by molar-refractivity contribution is -0.115. The van der Waals surface area contributed by atoms with Gasteiger partial charge in [0, 0.05) is 6.20 Å². The summed E-state index contributed by atoms with van der Waals surface area (Å²) in [5.41, 5.74) is 0.960. The molecule has 0 unspecified atom stereocenters. The summed E-state index contributed by atoms with van der Waals surface area (Å²) in [5.74, 6) is -0.106. The van der Waals surface area contributed by atoms with Crippen LogP contribution in [0.15, 0.2) is 42.7 Å². The summed E-state index contributed by atoms with van der Waals surface area (Å²) in [5, 5.41) is 2.50. The van der Waals surface area contributed by atoms with Gasteiger partial charge in [-0.2, -0.15) is 0 Å². The average molecular weight is 260 g/mol. The van der Waals surface area contributed by atoms with Gasteiger partial charge in [-0.15, -0.1) is 0 Å². The number of carbonyl (C=O) groups is 1. The number of hydrogen-bond acceptors (Lipinski definition) is 3. The Labute approximate surface area is 110 Å². The second kappa shape index (κ2) is 5.95. The Morgan fingerprint density at radius 1 is 1.32 bits per heavy atom. The zero-order valence-electron chi connectivity index (χ0n) is 10.4. The molecule has 0 aliphatic rings. The first-order chi connectivity index (χ1) is 9.19. The second-order valence-electron chi connectivity index (χ2n) is 3.93. The number of anilines is 1. The number of nitrogens with one attached hydrogen (secondary N) is 1. The fourth-order valence-electron chi connectivity index (χ4n) is 1.60. The van der Waals surface area contributed by atoms with Crippen LogP contribution in [-0.2, 0) is 11.2 Å². The Balaban J connectivity index is 1.99. The van der Waals surface area contributed by atoms with Gasteiger partial charge in [-0.05, 0) is 23.8 Å². The summed E-state index contributed by atoms with van der Waals surface area (Å²) in [6.45, 7) is 0. The first-order valence-electron chi connectivity index (χ1n) is 5.71. The third-order valence-corrected chi connectivity index (χ3v) is 2.57. The Morgan fingerprint density at radius 3 is 2.68 bits per heavy atom. The number of hydrogen-bond donors (Lipinski definition) is 1. The molecule has 0 aliphatic carbocycles. The highest BCUT2D eigenvalue weighted by Crippen LogP contribution is 2.14. The number of benzene rings is 1. The molecule has 0 spiro atoms. The molecule has 0 aliphatic heterocycles. The van der Waals surface area contributed by atoms with E-state index in [0.29, 0.717) is 0 Å². The topological polar surface area (TPSA) is 51.2 Å². The quantitative estimate of drug-likeness (QED) is 0.918. The van der Waals surface area contributed by atoms with Crippen molar-refractivity contribution < 1.29 is 13.9 Å². The molecule has 1 amide bonds. The SMILES string of the molecule is COc1ccc(CC(=O)Nc2ccncc2F)cc1. The summed E-state index contributed by atoms with van der Waals surface area (Å²) in [6, 6.07) is 8.55.